The first-order valence-electron chi connectivity index (χ1n) is 11.2. The molecule has 5 heteroatoms. The van der Waals surface area contributed by atoms with Gasteiger partial charge in [0.15, 0.2) is 5.76 Å². The molecule has 0 radical (unpaired) electrons. The molecule has 2 heterocycles. The van der Waals surface area contributed by atoms with Crippen molar-refractivity contribution in [2.75, 3.05) is 0 Å². The number of nitrogens with zero attached hydrogens (tertiary/aromatic N) is 1. The largest absolute Gasteiger partial charge is 0.490 e. The molecule has 1 fully saturated rings. The molecule has 0 saturated heterocycles. The van der Waals surface area contributed by atoms with Crippen molar-refractivity contribution in [1.82, 2.24) is 10.5 Å². The van der Waals surface area contributed by atoms with Gasteiger partial charge in [-0.3, -0.25) is 4.79 Å². The smallest absolute Gasteiger partial charge is 0.223 e. The Morgan fingerprint density at radius 3 is 2.83 bits per heavy atom. The zero-order valence-electron chi connectivity index (χ0n) is 17.6. The number of rotatable bonds is 7. The summed E-state index contributed by atoms with van der Waals surface area (Å²) in [6.45, 7) is 4.74. The third kappa shape index (κ3) is 4.82. The second-order valence-electron chi connectivity index (χ2n) is 8.72. The van der Waals surface area contributed by atoms with E-state index in [2.05, 4.69) is 30.4 Å². The van der Waals surface area contributed by atoms with Crippen LogP contribution in [0, 0.1) is 11.8 Å². The monoisotopic (exact) mass is 396 g/mol. The molecule has 1 aromatic heterocycles. The standard InChI is InChI=1S/C24H32N2O3/c1-3-4-5-17-6-8-18(9-7-17)24(27)25-15-21-14-23(29-26-21)19-10-11-22-20(13-19)12-16(2)28-22/h10-11,13-14,16-18H,3-9,12,15H2,1-2H3,(H,25,27). The SMILES string of the molecule is CCCCC1CCC(C(=O)NCc2cc(-c3ccc4c(c3)CC(C)O4)on2)CC1. The van der Waals surface area contributed by atoms with Gasteiger partial charge in [0.25, 0.3) is 0 Å². The molecule has 0 bridgehead atoms. The Hall–Kier alpha value is -2.30. The fraction of sp³-hybridized carbons (Fsp3) is 0.583. The molecule has 5 nitrogen and oxygen atoms in total. The Morgan fingerprint density at radius 2 is 2.03 bits per heavy atom. The molecule has 1 atom stereocenters. The van der Waals surface area contributed by atoms with Crippen LogP contribution in [0.1, 0.15) is 70.1 Å². The Bertz CT molecular complexity index is 836. The lowest BCUT2D eigenvalue weighted by atomic mass is 9.79. The topological polar surface area (TPSA) is 64.4 Å². The second-order valence-corrected chi connectivity index (χ2v) is 8.72. The van der Waals surface area contributed by atoms with E-state index in [1.165, 1.54) is 37.7 Å². The molecule has 2 aliphatic rings. The molecule has 29 heavy (non-hydrogen) atoms. The van der Waals surface area contributed by atoms with E-state index >= 15 is 0 Å². The quantitative estimate of drug-likeness (QED) is 0.692. The van der Waals surface area contributed by atoms with Crippen molar-refractivity contribution in [3.8, 4) is 17.1 Å². The number of benzene rings is 1. The van der Waals surface area contributed by atoms with E-state index in [0.29, 0.717) is 6.54 Å². The molecule has 0 spiro atoms. The lowest BCUT2D eigenvalue weighted by Gasteiger charge is -2.27. The Kier molecular flexibility index (Phi) is 6.22. The molecular weight excluding hydrogens is 364 g/mol. The van der Waals surface area contributed by atoms with Gasteiger partial charge in [0.05, 0.1) is 6.54 Å². The van der Waals surface area contributed by atoms with Gasteiger partial charge in [0.1, 0.15) is 17.5 Å². The summed E-state index contributed by atoms with van der Waals surface area (Å²) in [4.78, 5) is 12.5. The van der Waals surface area contributed by atoms with Crippen molar-refractivity contribution < 1.29 is 14.1 Å². The van der Waals surface area contributed by atoms with Crippen LogP contribution in [-0.4, -0.2) is 17.2 Å². The fourth-order valence-corrected chi connectivity index (χ4v) is 4.63. The number of carbonyl (C=O) groups excluding carboxylic acids is 1. The number of ether oxygens (including phenoxy) is 1. The zero-order chi connectivity index (χ0) is 20.2. The summed E-state index contributed by atoms with van der Waals surface area (Å²) in [7, 11) is 0. The van der Waals surface area contributed by atoms with Gasteiger partial charge < -0.3 is 14.6 Å². The highest BCUT2D eigenvalue weighted by atomic mass is 16.5. The van der Waals surface area contributed by atoms with Crippen molar-refractivity contribution in [3.05, 3.63) is 35.5 Å². The van der Waals surface area contributed by atoms with Gasteiger partial charge in [-0.1, -0.05) is 31.3 Å². The van der Waals surface area contributed by atoms with Gasteiger partial charge in [-0.15, -0.1) is 0 Å². The third-order valence-corrected chi connectivity index (χ3v) is 6.37. The lowest BCUT2D eigenvalue weighted by molar-refractivity contribution is -0.126. The molecule has 4 rings (SSSR count). The predicted molar refractivity (Wildman–Crippen MR) is 113 cm³/mol. The molecule has 1 aromatic carbocycles. The van der Waals surface area contributed by atoms with E-state index < -0.39 is 0 Å². The van der Waals surface area contributed by atoms with Crippen LogP contribution in [0.4, 0.5) is 0 Å². The molecule has 2 aromatic rings. The molecular formula is C24H32N2O3. The molecule has 1 aliphatic carbocycles. The number of fused-ring (bicyclic) bond motifs is 1. The van der Waals surface area contributed by atoms with E-state index in [-0.39, 0.29) is 17.9 Å². The Morgan fingerprint density at radius 1 is 1.21 bits per heavy atom. The summed E-state index contributed by atoms with van der Waals surface area (Å²) < 4.78 is 11.3. The Labute approximate surface area is 173 Å². The summed E-state index contributed by atoms with van der Waals surface area (Å²) in [6, 6.07) is 8.02. The summed E-state index contributed by atoms with van der Waals surface area (Å²) in [6.07, 6.45) is 9.44. The number of unbranched alkanes of at least 4 members (excludes halogenated alkanes) is 1. The van der Waals surface area contributed by atoms with Gasteiger partial charge in [-0.2, -0.15) is 0 Å². The van der Waals surface area contributed by atoms with E-state index in [4.69, 9.17) is 9.26 Å². The van der Waals surface area contributed by atoms with E-state index in [9.17, 15) is 4.79 Å². The van der Waals surface area contributed by atoms with Crippen LogP contribution in [0.3, 0.4) is 0 Å². The van der Waals surface area contributed by atoms with Crippen LogP contribution in [0.15, 0.2) is 28.8 Å². The van der Waals surface area contributed by atoms with Gasteiger partial charge in [0, 0.05) is 24.0 Å². The van der Waals surface area contributed by atoms with Crippen LogP contribution in [0.2, 0.25) is 0 Å². The van der Waals surface area contributed by atoms with Crippen LogP contribution < -0.4 is 10.1 Å². The van der Waals surface area contributed by atoms with Crippen molar-refractivity contribution in [1.29, 1.82) is 0 Å². The van der Waals surface area contributed by atoms with E-state index in [1.807, 2.05) is 18.2 Å². The predicted octanol–water partition coefficient (Wildman–Crippen LogP) is 5.28. The third-order valence-electron chi connectivity index (χ3n) is 6.37. The number of nitrogens with one attached hydrogen (secondary N) is 1. The van der Waals surface area contributed by atoms with Crippen molar-refractivity contribution in [2.45, 2.75) is 77.9 Å². The minimum absolute atomic E-state index is 0.151. The number of hydrogen-bond donors (Lipinski definition) is 1. The van der Waals surface area contributed by atoms with E-state index in [0.717, 1.165) is 47.9 Å². The fourth-order valence-electron chi connectivity index (χ4n) is 4.63. The summed E-state index contributed by atoms with van der Waals surface area (Å²) in [5.74, 6) is 2.81. The number of aromatic nitrogens is 1. The number of hydrogen-bond acceptors (Lipinski definition) is 4. The average molecular weight is 397 g/mol. The van der Waals surface area contributed by atoms with Crippen molar-refractivity contribution in [3.63, 3.8) is 0 Å². The lowest BCUT2D eigenvalue weighted by Crippen LogP contribution is -2.32. The molecule has 1 aliphatic heterocycles. The Balaban J connectivity index is 1.28. The van der Waals surface area contributed by atoms with E-state index in [1.54, 1.807) is 0 Å². The maximum atomic E-state index is 12.5. The summed E-state index contributed by atoms with van der Waals surface area (Å²) >= 11 is 0. The zero-order valence-corrected chi connectivity index (χ0v) is 17.6. The van der Waals surface area contributed by atoms with Gasteiger partial charge >= 0.3 is 0 Å². The normalized spacial score (nSPS) is 23.4. The average Bonchev–Trinajstić information content (AvgIpc) is 3.35. The van der Waals surface area contributed by atoms with Gasteiger partial charge in [-0.05, 0) is 62.3 Å². The minimum Gasteiger partial charge on any atom is -0.490 e. The second kappa shape index (κ2) is 9.02. The summed E-state index contributed by atoms with van der Waals surface area (Å²) in [5, 5.41) is 7.20. The van der Waals surface area contributed by atoms with Crippen molar-refractivity contribution in [2.24, 2.45) is 11.8 Å². The molecule has 1 N–H and O–H groups in total. The van der Waals surface area contributed by atoms with Gasteiger partial charge in [0.2, 0.25) is 5.91 Å². The summed E-state index contributed by atoms with van der Waals surface area (Å²) in [5.41, 5.74) is 2.96. The maximum absolute atomic E-state index is 12.5. The van der Waals surface area contributed by atoms with Crippen LogP contribution in [0.5, 0.6) is 5.75 Å². The maximum Gasteiger partial charge on any atom is 0.223 e. The highest BCUT2D eigenvalue weighted by Gasteiger charge is 2.26. The first-order valence-corrected chi connectivity index (χ1v) is 11.2. The van der Waals surface area contributed by atoms with Crippen molar-refractivity contribution >= 4 is 5.91 Å². The molecule has 1 saturated carbocycles. The highest BCUT2D eigenvalue weighted by molar-refractivity contribution is 5.78. The molecule has 1 unspecified atom stereocenters. The van der Waals surface area contributed by atoms with Gasteiger partial charge in [-0.25, -0.2) is 0 Å². The first kappa shape index (κ1) is 20.0. The number of amides is 1. The minimum atomic E-state index is 0.151. The van der Waals surface area contributed by atoms with Crippen LogP contribution >= 0.6 is 0 Å². The molecule has 1 amide bonds. The first-order chi connectivity index (χ1) is 14.1. The highest BCUT2D eigenvalue weighted by Crippen LogP contribution is 2.34. The number of carbonyl (C=O) groups is 1. The van der Waals surface area contributed by atoms with Crippen LogP contribution in [-0.2, 0) is 17.8 Å². The van der Waals surface area contributed by atoms with Crippen LogP contribution in [0.25, 0.3) is 11.3 Å². The molecule has 156 valence electrons.